The molecule has 2 N–H and O–H groups in total. The van der Waals surface area contributed by atoms with Gasteiger partial charge in [-0.05, 0) is 13.0 Å². The van der Waals surface area contributed by atoms with Gasteiger partial charge >= 0.3 is 0 Å². The summed E-state index contributed by atoms with van der Waals surface area (Å²) in [6.45, 7) is 2.03. The molecule has 0 radical (unpaired) electrons. The Labute approximate surface area is 161 Å². The van der Waals surface area contributed by atoms with Crippen LogP contribution in [0.4, 0.5) is 11.6 Å². The Morgan fingerprint density at radius 1 is 1.18 bits per heavy atom. The Morgan fingerprint density at radius 2 is 1.96 bits per heavy atom. The van der Waals surface area contributed by atoms with Gasteiger partial charge in [0.05, 0.1) is 11.7 Å². The first-order valence-electron chi connectivity index (χ1n) is 8.73. The Balaban J connectivity index is 1.86. The molecule has 138 valence electrons. The smallest absolute Gasteiger partial charge is 0.153 e. The summed E-state index contributed by atoms with van der Waals surface area (Å²) in [6.07, 6.45) is 4.90. The van der Waals surface area contributed by atoms with E-state index in [0.29, 0.717) is 5.82 Å². The summed E-state index contributed by atoms with van der Waals surface area (Å²) in [4.78, 5) is 14.5. The number of nitrogens with two attached hydrogens (primary N) is 1. The van der Waals surface area contributed by atoms with Crippen LogP contribution in [-0.4, -0.2) is 31.6 Å². The standard InChI is InChI=1S/C20H18N8/c1-13(27(2)20-16(11-21)19(22)24-12-25-20)15-10-17-23-8-9-28(17)26-18(15)14-6-4-3-5-7-14/h3-10,12-13H,1-2H3,(H2,22,24,25). The molecule has 0 aliphatic rings. The van der Waals surface area contributed by atoms with Crippen LogP contribution in [0.25, 0.3) is 16.9 Å². The van der Waals surface area contributed by atoms with E-state index in [1.54, 1.807) is 10.7 Å². The number of hydrogen-bond acceptors (Lipinski definition) is 7. The zero-order valence-corrected chi connectivity index (χ0v) is 15.5. The number of aromatic nitrogens is 5. The summed E-state index contributed by atoms with van der Waals surface area (Å²) < 4.78 is 1.75. The third-order valence-electron chi connectivity index (χ3n) is 4.80. The van der Waals surface area contributed by atoms with Crippen molar-refractivity contribution in [2.45, 2.75) is 13.0 Å². The summed E-state index contributed by atoms with van der Waals surface area (Å²) in [6, 6.07) is 13.9. The van der Waals surface area contributed by atoms with E-state index >= 15 is 0 Å². The molecule has 3 aromatic heterocycles. The van der Waals surface area contributed by atoms with Crippen LogP contribution >= 0.6 is 0 Å². The molecule has 8 nitrogen and oxygen atoms in total. The van der Waals surface area contributed by atoms with Crippen LogP contribution in [0.1, 0.15) is 24.1 Å². The van der Waals surface area contributed by atoms with Crippen molar-refractivity contribution < 1.29 is 0 Å². The van der Waals surface area contributed by atoms with Crippen LogP contribution in [0.15, 0.2) is 55.1 Å². The van der Waals surface area contributed by atoms with Crippen molar-refractivity contribution >= 4 is 17.3 Å². The molecular weight excluding hydrogens is 352 g/mol. The number of hydrogen-bond donors (Lipinski definition) is 1. The normalized spacial score (nSPS) is 11.9. The predicted octanol–water partition coefficient (Wildman–Crippen LogP) is 2.84. The van der Waals surface area contributed by atoms with Crippen LogP contribution in [-0.2, 0) is 0 Å². The predicted molar refractivity (Wildman–Crippen MR) is 106 cm³/mol. The SMILES string of the molecule is CC(c1cc2nccn2nc1-c1ccccc1)N(C)c1ncnc(N)c1C#N. The van der Waals surface area contributed by atoms with Crippen molar-refractivity contribution in [1.29, 1.82) is 5.26 Å². The lowest BCUT2D eigenvalue weighted by molar-refractivity contribution is 0.719. The van der Waals surface area contributed by atoms with E-state index in [0.717, 1.165) is 22.5 Å². The van der Waals surface area contributed by atoms with E-state index < -0.39 is 0 Å². The number of benzene rings is 1. The fraction of sp³-hybridized carbons (Fsp3) is 0.150. The van der Waals surface area contributed by atoms with Gasteiger partial charge in [0.15, 0.2) is 11.5 Å². The third-order valence-corrected chi connectivity index (χ3v) is 4.80. The molecule has 28 heavy (non-hydrogen) atoms. The molecule has 0 aliphatic carbocycles. The molecule has 0 fully saturated rings. The van der Waals surface area contributed by atoms with Crippen LogP contribution < -0.4 is 10.6 Å². The highest BCUT2D eigenvalue weighted by Crippen LogP contribution is 2.33. The summed E-state index contributed by atoms with van der Waals surface area (Å²) in [7, 11) is 1.87. The minimum Gasteiger partial charge on any atom is -0.382 e. The average molecular weight is 370 g/mol. The van der Waals surface area contributed by atoms with Gasteiger partial charge < -0.3 is 10.6 Å². The first kappa shape index (κ1) is 17.4. The summed E-state index contributed by atoms with van der Waals surface area (Å²) in [5.74, 6) is 0.640. The first-order valence-corrected chi connectivity index (χ1v) is 8.73. The summed E-state index contributed by atoms with van der Waals surface area (Å²) in [5.41, 5.74) is 9.67. The molecule has 0 aliphatic heterocycles. The molecule has 0 spiro atoms. The second-order valence-electron chi connectivity index (χ2n) is 6.40. The van der Waals surface area contributed by atoms with Crippen molar-refractivity contribution in [3.63, 3.8) is 0 Å². The maximum atomic E-state index is 9.48. The highest BCUT2D eigenvalue weighted by molar-refractivity contribution is 5.68. The van der Waals surface area contributed by atoms with E-state index in [1.807, 2.05) is 61.5 Å². The first-order chi connectivity index (χ1) is 13.6. The molecule has 1 atom stereocenters. The van der Waals surface area contributed by atoms with E-state index in [9.17, 15) is 5.26 Å². The molecule has 0 saturated carbocycles. The van der Waals surface area contributed by atoms with E-state index in [1.165, 1.54) is 6.33 Å². The van der Waals surface area contributed by atoms with Crippen LogP contribution in [0.3, 0.4) is 0 Å². The highest BCUT2D eigenvalue weighted by atomic mass is 15.3. The van der Waals surface area contributed by atoms with Crippen LogP contribution in [0.5, 0.6) is 0 Å². The number of nitrogens with zero attached hydrogens (tertiary/aromatic N) is 7. The van der Waals surface area contributed by atoms with E-state index in [2.05, 4.69) is 21.0 Å². The fourth-order valence-corrected chi connectivity index (χ4v) is 3.16. The van der Waals surface area contributed by atoms with E-state index in [4.69, 9.17) is 10.8 Å². The second kappa shape index (κ2) is 6.96. The molecule has 0 bridgehead atoms. The number of nitrogen functional groups attached to an aromatic ring is 1. The summed E-state index contributed by atoms with van der Waals surface area (Å²) in [5, 5.41) is 14.3. The van der Waals surface area contributed by atoms with Gasteiger partial charge in [-0.25, -0.2) is 19.5 Å². The number of imidazole rings is 1. The molecule has 8 heteroatoms. The topological polar surface area (TPSA) is 109 Å². The van der Waals surface area contributed by atoms with Crippen LogP contribution in [0, 0.1) is 11.3 Å². The monoisotopic (exact) mass is 370 g/mol. The molecule has 0 amide bonds. The lowest BCUT2D eigenvalue weighted by Crippen LogP contribution is -2.25. The zero-order chi connectivity index (χ0) is 19.7. The number of fused-ring (bicyclic) bond motifs is 1. The lowest BCUT2D eigenvalue weighted by Gasteiger charge is -2.28. The second-order valence-corrected chi connectivity index (χ2v) is 6.40. The van der Waals surface area contributed by atoms with Crippen molar-refractivity contribution in [2.75, 3.05) is 17.7 Å². The Morgan fingerprint density at radius 3 is 2.71 bits per heavy atom. The van der Waals surface area contributed by atoms with Crippen molar-refractivity contribution in [3.05, 3.63) is 66.2 Å². The number of nitriles is 1. The minimum atomic E-state index is -0.147. The zero-order valence-electron chi connectivity index (χ0n) is 15.5. The van der Waals surface area contributed by atoms with Crippen molar-refractivity contribution in [3.8, 4) is 17.3 Å². The van der Waals surface area contributed by atoms with Crippen molar-refractivity contribution in [2.24, 2.45) is 0 Å². The maximum absolute atomic E-state index is 9.48. The molecule has 1 aromatic carbocycles. The van der Waals surface area contributed by atoms with E-state index in [-0.39, 0.29) is 17.4 Å². The Bertz CT molecular complexity index is 1180. The molecule has 4 aromatic rings. The maximum Gasteiger partial charge on any atom is 0.153 e. The van der Waals surface area contributed by atoms with Gasteiger partial charge in [0, 0.05) is 30.6 Å². The lowest BCUT2D eigenvalue weighted by atomic mass is 10.0. The molecule has 1 unspecified atom stereocenters. The van der Waals surface area contributed by atoms with Gasteiger partial charge in [-0.1, -0.05) is 30.3 Å². The quantitative estimate of drug-likeness (QED) is 0.588. The van der Waals surface area contributed by atoms with Gasteiger partial charge in [0.1, 0.15) is 23.8 Å². The van der Waals surface area contributed by atoms with Gasteiger partial charge in [-0.3, -0.25) is 0 Å². The summed E-state index contributed by atoms with van der Waals surface area (Å²) >= 11 is 0. The molecule has 3 heterocycles. The number of rotatable bonds is 4. The minimum absolute atomic E-state index is 0.147. The van der Waals surface area contributed by atoms with Gasteiger partial charge in [0.2, 0.25) is 0 Å². The number of anilines is 2. The highest BCUT2D eigenvalue weighted by Gasteiger charge is 2.23. The van der Waals surface area contributed by atoms with Gasteiger partial charge in [-0.15, -0.1) is 0 Å². The largest absolute Gasteiger partial charge is 0.382 e. The fourth-order valence-electron chi connectivity index (χ4n) is 3.16. The average Bonchev–Trinajstić information content (AvgIpc) is 3.19. The molecular formula is C20H18N8. The van der Waals surface area contributed by atoms with Gasteiger partial charge in [0.25, 0.3) is 0 Å². The van der Waals surface area contributed by atoms with Gasteiger partial charge in [-0.2, -0.15) is 10.4 Å². The molecule has 0 saturated heterocycles. The van der Waals surface area contributed by atoms with Crippen molar-refractivity contribution in [1.82, 2.24) is 24.6 Å². The molecule has 4 rings (SSSR count). The third kappa shape index (κ3) is 2.89. The van der Waals surface area contributed by atoms with Crippen LogP contribution in [0.2, 0.25) is 0 Å². The Kier molecular flexibility index (Phi) is 4.33. The Hall–Kier alpha value is -3.99.